The third kappa shape index (κ3) is 4.79. The van der Waals surface area contributed by atoms with Gasteiger partial charge in [-0.3, -0.25) is 0 Å². The van der Waals surface area contributed by atoms with Gasteiger partial charge in [0.1, 0.15) is 29.8 Å². The van der Waals surface area contributed by atoms with Crippen LogP contribution in [0.25, 0.3) is 0 Å². The van der Waals surface area contributed by atoms with E-state index in [0.717, 1.165) is 41.0 Å². The Kier molecular flexibility index (Phi) is 7.00. The van der Waals surface area contributed by atoms with Gasteiger partial charge in [-0.1, -0.05) is 79.9 Å². The summed E-state index contributed by atoms with van der Waals surface area (Å²) in [5.74, 6) is 0.932. The minimum Gasteiger partial charge on any atom is -0.378 e. The van der Waals surface area contributed by atoms with Crippen LogP contribution in [0.1, 0.15) is 66.0 Å². The minimum atomic E-state index is -0.985. The number of benzene rings is 2. The van der Waals surface area contributed by atoms with Crippen molar-refractivity contribution in [2.45, 2.75) is 69.8 Å². The minimum absolute atomic E-state index is 0.237. The molecule has 3 aromatic rings. The van der Waals surface area contributed by atoms with Crippen LogP contribution in [0.15, 0.2) is 66.9 Å². The average molecular weight is 504 g/mol. The number of fused-ring (bicyclic) bond motifs is 3. The first-order valence-electron chi connectivity index (χ1n) is 13.9. The number of aliphatic hydroxyl groups is 1. The summed E-state index contributed by atoms with van der Waals surface area (Å²) >= 11 is 1.75. The van der Waals surface area contributed by atoms with Crippen LogP contribution in [0, 0.1) is 11.8 Å². The highest BCUT2D eigenvalue weighted by atomic mass is 32.1. The third-order valence-electron chi connectivity index (χ3n) is 9.13. The van der Waals surface area contributed by atoms with Crippen LogP contribution in [0.5, 0.6) is 0 Å². The standard InChI is InChI=1S/C31H39N2O2S/c34-31(26-12-6-2-7-13-26,27-14-8-3-9-15-27)30-32-20-28(36-30)21-33-18-16-25(17-19-33)29(22-33)35-23-24-10-4-1-5-11-24/h1-2,4-7,10-13,20,25,27,29,34H,3,8-9,14-19,21-23H2/q+1/t25?,29-,31?,33?/m0/s1. The predicted molar refractivity (Wildman–Crippen MR) is 144 cm³/mol. The molecule has 4 heterocycles. The number of thiazole rings is 1. The monoisotopic (exact) mass is 503 g/mol. The topological polar surface area (TPSA) is 42.4 Å². The van der Waals surface area contributed by atoms with E-state index >= 15 is 0 Å². The van der Waals surface area contributed by atoms with E-state index in [1.165, 1.54) is 55.6 Å². The van der Waals surface area contributed by atoms with Gasteiger partial charge in [0.15, 0.2) is 0 Å². The molecule has 4 nitrogen and oxygen atoms in total. The Balaban J connectivity index is 1.20. The van der Waals surface area contributed by atoms with Gasteiger partial charge in [0.25, 0.3) is 0 Å². The Hall–Kier alpha value is -2.05. The first-order chi connectivity index (χ1) is 17.6. The molecule has 1 aliphatic carbocycles. The summed E-state index contributed by atoms with van der Waals surface area (Å²) in [5.41, 5.74) is 1.27. The van der Waals surface area contributed by atoms with Crippen molar-refractivity contribution in [2.24, 2.45) is 11.8 Å². The number of aromatic nitrogens is 1. The summed E-state index contributed by atoms with van der Waals surface area (Å²) in [4.78, 5) is 6.21. The van der Waals surface area contributed by atoms with Crippen molar-refractivity contribution in [1.82, 2.24) is 4.98 Å². The summed E-state index contributed by atoms with van der Waals surface area (Å²) in [6.07, 6.45) is 10.7. The molecule has 2 aromatic carbocycles. The summed E-state index contributed by atoms with van der Waals surface area (Å²) in [6, 6.07) is 20.9. The number of hydrogen-bond acceptors (Lipinski definition) is 4. The second kappa shape index (κ2) is 10.4. The summed E-state index contributed by atoms with van der Waals surface area (Å²) in [5, 5.41) is 13.2. The first-order valence-corrected chi connectivity index (χ1v) is 14.7. The summed E-state index contributed by atoms with van der Waals surface area (Å²) < 4.78 is 7.60. The predicted octanol–water partition coefficient (Wildman–Crippen LogP) is 6.29. The molecule has 1 saturated carbocycles. The SMILES string of the molecule is OC(c1ccccc1)(c1ncc(C[N+]23CCC(CC2)[C@@H](OCc2ccccc2)C3)s1)C1CCCCC1. The molecule has 1 N–H and O–H groups in total. The molecule has 0 amide bonds. The average Bonchev–Trinajstić information content (AvgIpc) is 3.42. The summed E-state index contributed by atoms with van der Waals surface area (Å²) in [7, 11) is 0. The van der Waals surface area contributed by atoms with Gasteiger partial charge in [0, 0.05) is 25.0 Å². The fourth-order valence-electron chi connectivity index (χ4n) is 7.04. The van der Waals surface area contributed by atoms with Crippen molar-refractivity contribution < 1.29 is 14.3 Å². The van der Waals surface area contributed by atoms with Crippen molar-refractivity contribution in [3.8, 4) is 0 Å². The van der Waals surface area contributed by atoms with E-state index < -0.39 is 5.60 Å². The molecule has 1 unspecified atom stereocenters. The van der Waals surface area contributed by atoms with E-state index in [1.54, 1.807) is 11.3 Å². The van der Waals surface area contributed by atoms with E-state index in [0.29, 0.717) is 18.6 Å². The molecule has 4 aliphatic rings. The van der Waals surface area contributed by atoms with Crippen molar-refractivity contribution >= 4 is 11.3 Å². The van der Waals surface area contributed by atoms with Gasteiger partial charge in [0.05, 0.1) is 24.6 Å². The van der Waals surface area contributed by atoms with Gasteiger partial charge in [-0.15, -0.1) is 11.3 Å². The smallest absolute Gasteiger partial charge is 0.144 e. The lowest BCUT2D eigenvalue weighted by molar-refractivity contribution is -0.958. The highest BCUT2D eigenvalue weighted by Gasteiger charge is 2.47. The zero-order chi connectivity index (χ0) is 24.4. The number of rotatable bonds is 8. The lowest BCUT2D eigenvalue weighted by Crippen LogP contribution is -2.63. The van der Waals surface area contributed by atoms with Crippen LogP contribution in [-0.2, 0) is 23.5 Å². The molecule has 2 atom stereocenters. The zero-order valence-electron chi connectivity index (χ0n) is 21.2. The van der Waals surface area contributed by atoms with Gasteiger partial charge in [0.2, 0.25) is 0 Å². The van der Waals surface area contributed by atoms with Crippen molar-refractivity contribution in [3.05, 3.63) is 87.9 Å². The summed E-state index contributed by atoms with van der Waals surface area (Å²) in [6.45, 7) is 5.27. The molecule has 2 bridgehead atoms. The lowest BCUT2D eigenvalue weighted by atomic mass is 9.73. The fraction of sp³-hybridized carbons (Fsp3) is 0.516. The first kappa shape index (κ1) is 24.3. The molecule has 190 valence electrons. The Morgan fingerprint density at radius 3 is 2.33 bits per heavy atom. The van der Waals surface area contributed by atoms with Crippen LogP contribution in [0.2, 0.25) is 0 Å². The Bertz CT molecular complexity index is 1120. The van der Waals surface area contributed by atoms with Gasteiger partial charge in [-0.05, 0) is 29.9 Å². The molecule has 0 spiro atoms. The normalized spacial score (nSPS) is 28.1. The molecule has 3 saturated heterocycles. The van der Waals surface area contributed by atoms with Crippen molar-refractivity contribution in [3.63, 3.8) is 0 Å². The number of piperidine rings is 3. The number of ether oxygens (including phenoxy) is 1. The number of hydrogen-bond donors (Lipinski definition) is 1. The second-order valence-corrected chi connectivity index (χ2v) is 12.5. The second-order valence-electron chi connectivity index (χ2n) is 11.4. The number of quaternary nitrogens is 1. The molecule has 1 aromatic heterocycles. The van der Waals surface area contributed by atoms with E-state index in [-0.39, 0.29) is 5.92 Å². The van der Waals surface area contributed by atoms with Gasteiger partial charge in [-0.2, -0.15) is 0 Å². The van der Waals surface area contributed by atoms with Crippen LogP contribution in [0.3, 0.4) is 0 Å². The maximum Gasteiger partial charge on any atom is 0.144 e. The van der Waals surface area contributed by atoms with E-state index in [4.69, 9.17) is 9.72 Å². The van der Waals surface area contributed by atoms with Crippen LogP contribution < -0.4 is 0 Å². The van der Waals surface area contributed by atoms with Crippen molar-refractivity contribution in [1.29, 1.82) is 0 Å². The maximum atomic E-state index is 12.3. The Morgan fingerprint density at radius 2 is 1.61 bits per heavy atom. The van der Waals surface area contributed by atoms with E-state index in [9.17, 15) is 5.11 Å². The van der Waals surface area contributed by atoms with Crippen molar-refractivity contribution in [2.75, 3.05) is 19.6 Å². The fourth-order valence-corrected chi connectivity index (χ4v) is 8.28. The molecule has 5 heteroatoms. The van der Waals surface area contributed by atoms with Crippen LogP contribution >= 0.6 is 11.3 Å². The highest BCUT2D eigenvalue weighted by molar-refractivity contribution is 7.11. The van der Waals surface area contributed by atoms with E-state index in [2.05, 4.69) is 48.7 Å². The van der Waals surface area contributed by atoms with Crippen LogP contribution in [0.4, 0.5) is 0 Å². The van der Waals surface area contributed by atoms with Gasteiger partial charge >= 0.3 is 0 Å². The van der Waals surface area contributed by atoms with Gasteiger partial charge < -0.3 is 14.3 Å². The molecule has 4 fully saturated rings. The number of nitrogens with zero attached hydrogens (tertiary/aromatic N) is 2. The molecular formula is C31H39N2O2S+. The molecule has 7 rings (SSSR count). The largest absolute Gasteiger partial charge is 0.378 e. The molecular weight excluding hydrogens is 464 g/mol. The van der Waals surface area contributed by atoms with Gasteiger partial charge in [-0.25, -0.2) is 4.98 Å². The Labute approximate surface area is 219 Å². The maximum absolute atomic E-state index is 12.3. The Morgan fingerprint density at radius 1 is 0.917 bits per heavy atom. The molecule has 0 radical (unpaired) electrons. The third-order valence-corrected chi connectivity index (χ3v) is 10.2. The molecule has 3 aliphatic heterocycles. The zero-order valence-corrected chi connectivity index (χ0v) is 22.0. The highest BCUT2D eigenvalue weighted by Crippen LogP contribution is 2.46. The lowest BCUT2D eigenvalue weighted by Gasteiger charge is -2.52. The van der Waals surface area contributed by atoms with Crippen LogP contribution in [-0.4, -0.2) is 40.3 Å². The molecule has 36 heavy (non-hydrogen) atoms. The quantitative estimate of drug-likeness (QED) is 0.368. The van der Waals surface area contributed by atoms with E-state index in [1.807, 2.05) is 18.2 Å².